The molecule has 2 heterocycles. The number of benzene rings is 2. The molecule has 0 atom stereocenters. The third kappa shape index (κ3) is 4.01. The lowest BCUT2D eigenvalue weighted by atomic mass is 10.2. The minimum absolute atomic E-state index is 0.149. The number of rotatable bonds is 6. The number of halogens is 1. The van der Waals surface area contributed by atoms with Gasteiger partial charge in [-0.15, -0.1) is 0 Å². The molecule has 0 bridgehead atoms. The molecule has 4 rings (SSSR count). The maximum atomic E-state index is 13.5. The van der Waals surface area contributed by atoms with E-state index < -0.39 is 0 Å². The summed E-state index contributed by atoms with van der Waals surface area (Å²) in [5, 5.41) is 0.588. The minimum Gasteiger partial charge on any atom is -0.493 e. The van der Waals surface area contributed by atoms with Crippen LogP contribution in [0.3, 0.4) is 0 Å². The molecule has 30 heavy (non-hydrogen) atoms. The highest BCUT2D eigenvalue weighted by molar-refractivity contribution is 9.10. The Bertz CT molecular complexity index is 1160. The van der Waals surface area contributed by atoms with Gasteiger partial charge in [-0.2, -0.15) is 0 Å². The summed E-state index contributed by atoms with van der Waals surface area (Å²) in [6.07, 6.45) is 3.46. The van der Waals surface area contributed by atoms with Crippen molar-refractivity contribution in [2.75, 3.05) is 19.1 Å². The molecule has 2 aromatic carbocycles. The maximum Gasteiger partial charge on any atom is 0.261 e. The van der Waals surface area contributed by atoms with Crippen molar-refractivity contribution in [1.82, 2.24) is 9.97 Å². The number of aromatic nitrogens is 2. The van der Waals surface area contributed by atoms with Gasteiger partial charge in [-0.05, 0) is 39.7 Å². The molecule has 6 nitrogen and oxygen atoms in total. The van der Waals surface area contributed by atoms with Gasteiger partial charge in [0, 0.05) is 29.0 Å². The van der Waals surface area contributed by atoms with Crippen molar-refractivity contribution in [2.45, 2.75) is 6.54 Å². The van der Waals surface area contributed by atoms with Gasteiger partial charge in [0.15, 0.2) is 16.6 Å². The van der Waals surface area contributed by atoms with Crippen LogP contribution in [0.15, 0.2) is 65.4 Å². The molecule has 0 aliphatic carbocycles. The highest BCUT2D eigenvalue weighted by Crippen LogP contribution is 2.38. The zero-order chi connectivity index (χ0) is 21.1. The monoisotopic (exact) mass is 483 g/mol. The SMILES string of the molecule is COc1cc2nc(N(Cc3cccnc3)C(=O)c3ccccc3Br)sc2cc1OC. The Kier molecular flexibility index (Phi) is 5.96. The number of ether oxygens (including phenoxy) is 2. The molecule has 0 spiro atoms. The van der Waals surface area contributed by atoms with Crippen LogP contribution < -0.4 is 14.4 Å². The molecule has 0 saturated carbocycles. The van der Waals surface area contributed by atoms with Gasteiger partial charge in [-0.25, -0.2) is 4.98 Å². The number of anilines is 1. The lowest BCUT2D eigenvalue weighted by Gasteiger charge is -2.20. The van der Waals surface area contributed by atoms with Gasteiger partial charge >= 0.3 is 0 Å². The molecule has 0 aliphatic rings. The van der Waals surface area contributed by atoms with Crippen molar-refractivity contribution in [3.05, 3.63) is 76.5 Å². The number of nitrogens with zero attached hydrogens (tertiary/aromatic N) is 3. The smallest absolute Gasteiger partial charge is 0.261 e. The van der Waals surface area contributed by atoms with Crippen molar-refractivity contribution in [3.8, 4) is 11.5 Å². The van der Waals surface area contributed by atoms with Crippen LogP contribution in [-0.2, 0) is 6.54 Å². The summed E-state index contributed by atoms with van der Waals surface area (Å²) in [6.45, 7) is 0.349. The van der Waals surface area contributed by atoms with Crippen LogP contribution in [0.25, 0.3) is 10.2 Å². The third-order valence-electron chi connectivity index (χ3n) is 4.53. The molecule has 0 aliphatic heterocycles. The fourth-order valence-electron chi connectivity index (χ4n) is 3.04. The number of hydrogen-bond acceptors (Lipinski definition) is 6. The summed E-state index contributed by atoms with van der Waals surface area (Å²) < 4.78 is 12.4. The predicted octanol–water partition coefficient (Wildman–Crippen LogP) is 5.32. The zero-order valence-corrected chi connectivity index (χ0v) is 18.7. The van der Waals surface area contributed by atoms with Crippen LogP contribution in [0.4, 0.5) is 5.13 Å². The van der Waals surface area contributed by atoms with Gasteiger partial charge in [0.2, 0.25) is 0 Å². The Labute approximate surface area is 186 Å². The number of amides is 1. The van der Waals surface area contributed by atoms with E-state index >= 15 is 0 Å². The van der Waals surface area contributed by atoms with Gasteiger partial charge in [0.1, 0.15) is 0 Å². The van der Waals surface area contributed by atoms with Crippen molar-refractivity contribution in [3.63, 3.8) is 0 Å². The molecule has 1 amide bonds. The first-order valence-electron chi connectivity index (χ1n) is 9.08. The van der Waals surface area contributed by atoms with E-state index in [2.05, 4.69) is 20.9 Å². The number of methoxy groups -OCH3 is 2. The largest absolute Gasteiger partial charge is 0.493 e. The van der Waals surface area contributed by atoms with Crippen LogP contribution in [0.5, 0.6) is 11.5 Å². The Morgan fingerprint density at radius 1 is 1.10 bits per heavy atom. The molecular weight excluding hydrogens is 466 g/mol. The molecular formula is C22H18BrN3O3S. The van der Waals surface area contributed by atoms with Crippen molar-refractivity contribution in [2.24, 2.45) is 0 Å². The predicted molar refractivity (Wildman–Crippen MR) is 122 cm³/mol. The normalized spacial score (nSPS) is 10.8. The molecule has 0 N–H and O–H groups in total. The molecule has 152 valence electrons. The Morgan fingerprint density at radius 3 is 2.57 bits per heavy atom. The first-order valence-corrected chi connectivity index (χ1v) is 10.7. The molecule has 0 unspecified atom stereocenters. The number of hydrogen-bond donors (Lipinski definition) is 0. The number of fused-ring (bicyclic) bond motifs is 1. The molecule has 0 radical (unpaired) electrons. The lowest BCUT2D eigenvalue weighted by molar-refractivity contribution is 0.0984. The van der Waals surface area contributed by atoms with Crippen LogP contribution in [0.2, 0.25) is 0 Å². The van der Waals surface area contributed by atoms with Crippen LogP contribution in [0, 0.1) is 0 Å². The number of pyridine rings is 1. The Hall–Kier alpha value is -2.97. The van der Waals surface area contributed by atoms with E-state index in [0.29, 0.717) is 28.7 Å². The standard InChI is InChI=1S/C22H18BrN3O3S/c1-28-18-10-17-20(11-19(18)29-2)30-22(25-17)26(13-14-6-5-9-24-12-14)21(27)15-7-3-4-8-16(15)23/h3-12H,13H2,1-2H3. The molecule has 2 aromatic heterocycles. The Morgan fingerprint density at radius 2 is 1.87 bits per heavy atom. The summed E-state index contributed by atoms with van der Waals surface area (Å²) in [7, 11) is 3.18. The summed E-state index contributed by atoms with van der Waals surface area (Å²) >= 11 is 4.91. The summed E-state index contributed by atoms with van der Waals surface area (Å²) in [5.41, 5.74) is 2.21. The number of carbonyl (C=O) groups is 1. The van der Waals surface area contributed by atoms with Crippen LogP contribution in [-0.4, -0.2) is 30.1 Å². The topological polar surface area (TPSA) is 64.5 Å². The fraction of sp³-hybridized carbons (Fsp3) is 0.136. The average molecular weight is 484 g/mol. The summed E-state index contributed by atoms with van der Waals surface area (Å²) in [6, 6.07) is 14.8. The van der Waals surface area contributed by atoms with E-state index in [9.17, 15) is 4.79 Å². The van der Waals surface area contributed by atoms with E-state index in [1.54, 1.807) is 37.6 Å². The Balaban J connectivity index is 1.81. The van der Waals surface area contributed by atoms with E-state index in [-0.39, 0.29) is 5.91 Å². The second kappa shape index (κ2) is 8.81. The van der Waals surface area contributed by atoms with Crippen molar-refractivity contribution in [1.29, 1.82) is 0 Å². The van der Waals surface area contributed by atoms with Gasteiger partial charge in [-0.3, -0.25) is 14.7 Å². The van der Waals surface area contributed by atoms with E-state index in [4.69, 9.17) is 14.5 Å². The van der Waals surface area contributed by atoms with E-state index in [1.165, 1.54) is 11.3 Å². The lowest BCUT2D eigenvalue weighted by Crippen LogP contribution is -2.30. The highest BCUT2D eigenvalue weighted by Gasteiger charge is 2.24. The molecule has 4 aromatic rings. The van der Waals surface area contributed by atoms with Gasteiger partial charge in [0.25, 0.3) is 5.91 Å². The van der Waals surface area contributed by atoms with Gasteiger partial charge < -0.3 is 9.47 Å². The second-order valence-electron chi connectivity index (χ2n) is 6.40. The van der Waals surface area contributed by atoms with E-state index in [1.807, 2.05) is 42.5 Å². The highest BCUT2D eigenvalue weighted by atomic mass is 79.9. The van der Waals surface area contributed by atoms with Crippen LogP contribution >= 0.6 is 27.3 Å². The minimum atomic E-state index is -0.149. The van der Waals surface area contributed by atoms with E-state index in [0.717, 1.165) is 20.3 Å². The third-order valence-corrected chi connectivity index (χ3v) is 6.26. The zero-order valence-electron chi connectivity index (χ0n) is 16.3. The number of thiazole rings is 1. The summed E-state index contributed by atoms with van der Waals surface area (Å²) in [4.78, 5) is 24.0. The first kappa shape index (κ1) is 20.3. The molecule has 0 saturated heterocycles. The van der Waals surface area contributed by atoms with Crippen molar-refractivity contribution < 1.29 is 14.3 Å². The summed E-state index contributed by atoms with van der Waals surface area (Å²) in [5.74, 6) is 1.07. The molecule has 8 heteroatoms. The number of carbonyl (C=O) groups excluding carboxylic acids is 1. The second-order valence-corrected chi connectivity index (χ2v) is 8.27. The average Bonchev–Trinajstić information content (AvgIpc) is 3.19. The fourth-order valence-corrected chi connectivity index (χ4v) is 4.47. The van der Waals surface area contributed by atoms with Crippen molar-refractivity contribution >= 4 is 48.5 Å². The molecule has 0 fully saturated rings. The maximum absolute atomic E-state index is 13.5. The van der Waals surface area contributed by atoms with Crippen LogP contribution in [0.1, 0.15) is 15.9 Å². The quantitative estimate of drug-likeness (QED) is 0.371. The van der Waals surface area contributed by atoms with Gasteiger partial charge in [0.05, 0.1) is 36.5 Å². The van der Waals surface area contributed by atoms with Gasteiger partial charge in [-0.1, -0.05) is 29.5 Å². The first-order chi connectivity index (χ1) is 14.6.